The molecule has 0 spiro atoms. The molecule has 1 N–H and O–H groups in total. The van der Waals surface area contributed by atoms with Gasteiger partial charge in [0.15, 0.2) is 0 Å². The third-order valence-electron chi connectivity index (χ3n) is 5.61. The van der Waals surface area contributed by atoms with Gasteiger partial charge in [-0.05, 0) is 42.0 Å². The van der Waals surface area contributed by atoms with Crippen molar-refractivity contribution in [1.29, 1.82) is 0 Å². The number of thiophene rings is 1. The van der Waals surface area contributed by atoms with E-state index in [9.17, 15) is 9.59 Å². The fourth-order valence-corrected chi connectivity index (χ4v) is 5.04. The zero-order valence-corrected chi connectivity index (χ0v) is 18.7. The molecule has 1 aromatic heterocycles. The van der Waals surface area contributed by atoms with Crippen molar-refractivity contribution in [2.45, 2.75) is 44.2 Å². The first-order valence-corrected chi connectivity index (χ1v) is 11.8. The van der Waals surface area contributed by atoms with Crippen LogP contribution in [-0.2, 0) is 16.0 Å². The molecular weight excluding hydrogens is 428 g/mol. The minimum Gasteiger partial charge on any atom is -0.351 e. The minimum absolute atomic E-state index is 0.152. The molecule has 0 saturated heterocycles. The van der Waals surface area contributed by atoms with E-state index in [1.807, 2.05) is 60.0 Å². The summed E-state index contributed by atoms with van der Waals surface area (Å²) in [5.41, 5.74) is 1.30. The number of carbonyl (C=O) groups is 2. The lowest BCUT2D eigenvalue weighted by Crippen LogP contribution is -2.47. The number of carbonyl (C=O) groups excluding carboxylic acids is 2. The molecule has 6 heteroatoms. The predicted molar refractivity (Wildman–Crippen MR) is 127 cm³/mol. The number of amides is 2. The largest absolute Gasteiger partial charge is 0.351 e. The molecule has 0 bridgehead atoms. The average molecular weight is 453 g/mol. The Balaban J connectivity index is 1.75. The molecule has 3 aromatic rings. The van der Waals surface area contributed by atoms with Gasteiger partial charge in [-0.1, -0.05) is 73.0 Å². The molecule has 1 fully saturated rings. The zero-order valence-electron chi connectivity index (χ0n) is 17.2. The molecule has 1 aliphatic rings. The molecule has 0 radical (unpaired) electrons. The van der Waals surface area contributed by atoms with Crippen molar-refractivity contribution in [3.05, 3.63) is 87.6 Å². The van der Waals surface area contributed by atoms with E-state index >= 15 is 0 Å². The number of rotatable bonds is 7. The Morgan fingerprint density at radius 3 is 2.39 bits per heavy atom. The molecule has 31 heavy (non-hydrogen) atoms. The maximum absolute atomic E-state index is 13.6. The SMILES string of the molecule is O=C(NC1CCCC1)[C@H](c1ccccc1)N(C(=O)Cc1cccs1)c1ccccc1Cl. The standard InChI is InChI=1S/C25H25ClN2O2S/c26-21-14-6-7-15-22(21)28(23(29)17-20-13-8-16-31-20)24(18-9-2-1-3-10-18)25(30)27-19-11-4-5-12-19/h1-3,6-10,13-16,19,24H,4-5,11-12,17H2,(H,27,30)/t24-/m0/s1. The van der Waals surface area contributed by atoms with E-state index in [0.29, 0.717) is 10.7 Å². The van der Waals surface area contributed by atoms with Gasteiger partial charge in [-0.15, -0.1) is 11.3 Å². The fraction of sp³-hybridized carbons (Fsp3) is 0.280. The van der Waals surface area contributed by atoms with Crippen LogP contribution in [0.3, 0.4) is 0 Å². The molecule has 1 saturated carbocycles. The maximum atomic E-state index is 13.6. The number of hydrogen-bond acceptors (Lipinski definition) is 3. The second-order valence-corrected chi connectivity index (χ2v) is 9.21. The summed E-state index contributed by atoms with van der Waals surface area (Å²) in [6.45, 7) is 0. The molecule has 1 aliphatic carbocycles. The van der Waals surface area contributed by atoms with Crippen molar-refractivity contribution < 1.29 is 9.59 Å². The second kappa shape index (κ2) is 10.1. The molecule has 2 aromatic carbocycles. The number of nitrogens with one attached hydrogen (secondary N) is 1. The lowest BCUT2D eigenvalue weighted by molar-refractivity contribution is -0.127. The topological polar surface area (TPSA) is 49.4 Å². The maximum Gasteiger partial charge on any atom is 0.248 e. The second-order valence-electron chi connectivity index (χ2n) is 7.77. The average Bonchev–Trinajstić information content (AvgIpc) is 3.47. The molecular formula is C25H25ClN2O2S. The summed E-state index contributed by atoms with van der Waals surface area (Å²) in [5, 5.41) is 5.58. The molecule has 4 nitrogen and oxygen atoms in total. The number of halogens is 1. The number of benzene rings is 2. The Morgan fingerprint density at radius 2 is 1.71 bits per heavy atom. The van der Waals surface area contributed by atoms with Crippen molar-refractivity contribution in [1.82, 2.24) is 5.32 Å². The molecule has 4 rings (SSSR count). The van der Waals surface area contributed by atoms with Crippen LogP contribution < -0.4 is 10.2 Å². The molecule has 0 unspecified atom stereocenters. The Morgan fingerprint density at radius 1 is 1.00 bits per heavy atom. The van der Waals surface area contributed by atoms with E-state index < -0.39 is 6.04 Å². The van der Waals surface area contributed by atoms with E-state index in [4.69, 9.17) is 11.6 Å². The summed E-state index contributed by atoms with van der Waals surface area (Å²) >= 11 is 8.06. The Bertz CT molecular complexity index is 1020. The Hall–Kier alpha value is -2.63. The summed E-state index contributed by atoms with van der Waals surface area (Å²) in [4.78, 5) is 29.7. The van der Waals surface area contributed by atoms with Crippen LogP contribution in [0, 0.1) is 0 Å². The van der Waals surface area contributed by atoms with Crippen LogP contribution in [0.4, 0.5) is 5.69 Å². The quantitative estimate of drug-likeness (QED) is 0.494. The smallest absolute Gasteiger partial charge is 0.248 e. The Labute approximate surface area is 191 Å². The lowest BCUT2D eigenvalue weighted by atomic mass is 10.0. The van der Waals surface area contributed by atoms with Crippen LogP contribution in [0.5, 0.6) is 0 Å². The minimum atomic E-state index is -0.797. The molecule has 1 heterocycles. The predicted octanol–water partition coefficient (Wildman–Crippen LogP) is 5.78. The third-order valence-corrected chi connectivity index (χ3v) is 6.81. The van der Waals surface area contributed by atoms with Gasteiger partial charge in [0, 0.05) is 10.9 Å². The van der Waals surface area contributed by atoms with Crippen LogP contribution in [-0.4, -0.2) is 17.9 Å². The van der Waals surface area contributed by atoms with Crippen molar-refractivity contribution in [3.8, 4) is 0 Å². The number of anilines is 1. The highest BCUT2D eigenvalue weighted by Crippen LogP contribution is 2.34. The van der Waals surface area contributed by atoms with E-state index in [-0.39, 0.29) is 24.3 Å². The van der Waals surface area contributed by atoms with Crippen molar-refractivity contribution in [3.63, 3.8) is 0 Å². The van der Waals surface area contributed by atoms with Gasteiger partial charge in [-0.3, -0.25) is 14.5 Å². The van der Waals surface area contributed by atoms with E-state index in [0.717, 1.165) is 36.1 Å². The van der Waals surface area contributed by atoms with Gasteiger partial charge < -0.3 is 5.32 Å². The van der Waals surface area contributed by atoms with Crippen molar-refractivity contribution >= 4 is 40.4 Å². The first-order chi connectivity index (χ1) is 15.1. The van der Waals surface area contributed by atoms with Crippen molar-refractivity contribution in [2.24, 2.45) is 0 Å². The van der Waals surface area contributed by atoms with Gasteiger partial charge in [-0.2, -0.15) is 0 Å². The number of nitrogens with zero attached hydrogens (tertiary/aromatic N) is 1. The lowest BCUT2D eigenvalue weighted by Gasteiger charge is -2.33. The van der Waals surface area contributed by atoms with Gasteiger partial charge >= 0.3 is 0 Å². The third kappa shape index (κ3) is 5.17. The summed E-state index contributed by atoms with van der Waals surface area (Å²) < 4.78 is 0. The van der Waals surface area contributed by atoms with Gasteiger partial charge in [0.2, 0.25) is 11.8 Å². The van der Waals surface area contributed by atoms with Crippen molar-refractivity contribution in [2.75, 3.05) is 4.90 Å². The van der Waals surface area contributed by atoms with Crippen LogP contribution >= 0.6 is 22.9 Å². The van der Waals surface area contributed by atoms with Crippen LogP contribution in [0.15, 0.2) is 72.1 Å². The van der Waals surface area contributed by atoms with Gasteiger partial charge in [-0.25, -0.2) is 0 Å². The molecule has 0 aliphatic heterocycles. The molecule has 160 valence electrons. The van der Waals surface area contributed by atoms with E-state index in [2.05, 4.69) is 5.32 Å². The summed E-state index contributed by atoms with van der Waals surface area (Å²) in [5.74, 6) is -0.330. The number of hydrogen-bond donors (Lipinski definition) is 1. The first-order valence-electron chi connectivity index (χ1n) is 10.6. The van der Waals surface area contributed by atoms with Crippen LogP contribution in [0.1, 0.15) is 42.2 Å². The van der Waals surface area contributed by atoms with E-state index in [1.54, 1.807) is 17.0 Å². The van der Waals surface area contributed by atoms with Crippen LogP contribution in [0.25, 0.3) is 0 Å². The van der Waals surface area contributed by atoms with Gasteiger partial charge in [0.05, 0.1) is 17.1 Å². The fourth-order valence-electron chi connectivity index (χ4n) is 4.12. The zero-order chi connectivity index (χ0) is 21.6. The first kappa shape index (κ1) is 21.6. The molecule has 2 amide bonds. The summed E-state index contributed by atoms with van der Waals surface area (Å²) in [7, 11) is 0. The van der Waals surface area contributed by atoms with Crippen LogP contribution in [0.2, 0.25) is 5.02 Å². The Kier molecular flexibility index (Phi) is 7.05. The number of para-hydroxylation sites is 1. The van der Waals surface area contributed by atoms with E-state index in [1.165, 1.54) is 11.3 Å². The van der Waals surface area contributed by atoms with Gasteiger partial charge in [0.25, 0.3) is 0 Å². The highest BCUT2D eigenvalue weighted by Gasteiger charge is 2.35. The molecule has 1 atom stereocenters. The van der Waals surface area contributed by atoms with Gasteiger partial charge in [0.1, 0.15) is 6.04 Å². The highest BCUT2D eigenvalue weighted by molar-refractivity contribution is 7.10. The summed E-state index contributed by atoms with van der Waals surface area (Å²) in [6.07, 6.45) is 4.40. The summed E-state index contributed by atoms with van der Waals surface area (Å²) in [6, 6.07) is 19.9. The normalized spacial score (nSPS) is 14.9. The monoisotopic (exact) mass is 452 g/mol. The highest BCUT2D eigenvalue weighted by atomic mass is 35.5.